The maximum absolute atomic E-state index is 9.32. The Bertz CT molecular complexity index is 297. The average Bonchev–Trinajstić information content (AvgIpc) is 2.22. The quantitative estimate of drug-likeness (QED) is 0.771. The Morgan fingerprint density at radius 3 is 1.76 bits per heavy atom. The van der Waals surface area contributed by atoms with Gasteiger partial charge in [-0.3, -0.25) is 0 Å². The molecule has 5 fully saturated rings. The molecule has 2 nitrogen and oxygen atoms in total. The maximum Gasteiger partial charge on any atom is 0.0611 e. The molecule has 2 heteroatoms. The summed E-state index contributed by atoms with van der Waals surface area (Å²) in [6.07, 6.45) is 11.2. The van der Waals surface area contributed by atoms with Crippen LogP contribution in [0.5, 0.6) is 0 Å². The van der Waals surface area contributed by atoms with Crippen molar-refractivity contribution in [3.05, 3.63) is 0 Å². The van der Waals surface area contributed by atoms with Crippen LogP contribution in [0.25, 0.3) is 0 Å². The summed E-state index contributed by atoms with van der Waals surface area (Å²) >= 11 is 0. The second-order valence-electron chi connectivity index (χ2n) is 7.91. The van der Waals surface area contributed by atoms with Crippen molar-refractivity contribution in [3.63, 3.8) is 0 Å². The van der Waals surface area contributed by atoms with Crippen molar-refractivity contribution in [2.45, 2.75) is 56.9 Å². The van der Waals surface area contributed by atoms with Crippen molar-refractivity contribution >= 4 is 0 Å². The van der Waals surface area contributed by atoms with Crippen molar-refractivity contribution in [1.29, 1.82) is 0 Å². The summed E-state index contributed by atoms with van der Waals surface area (Å²) in [6, 6.07) is 0. The maximum atomic E-state index is 9.32. The van der Waals surface area contributed by atoms with E-state index < -0.39 is 0 Å². The van der Waals surface area contributed by atoms with Gasteiger partial charge < -0.3 is 10.8 Å². The van der Waals surface area contributed by atoms with Gasteiger partial charge in [-0.1, -0.05) is 0 Å². The molecule has 0 atom stereocenters. The Kier molecular flexibility index (Phi) is 2.08. The largest absolute Gasteiger partial charge is 0.394 e. The molecular weight excluding hydrogens is 210 g/mol. The summed E-state index contributed by atoms with van der Waals surface area (Å²) in [6.45, 7) is 0.190. The van der Waals surface area contributed by atoms with Gasteiger partial charge in [0.25, 0.3) is 0 Å². The second-order valence-corrected chi connectivity index (χ2v) is 7.91. The topological polar surface area (TPSA) is 46.2 Å². The standard InChI is InChI=1S/C15H25NO/c16-15(9-17)7-13(8-15)14-4-10-1-11(5-14)3-12(2-10)6-14/h10-13,17H,1-9,16H2. The summed E-state index contributed by atoms with van der Waals surface area (Å²) < 4.78 is 0. The van der Waals surface area contributed by atoms with Crippen molar-refractivity contribution in [1.82, 2.24) is 0 Å². The fraction of sp³-hybridized carbons (Fsp3) is 1.00. The average molecular weight is 235 g/mol. The van der Waals surface area contributed by atoms with Crippen molar-refractivity contribution in [2.24, 2.45) is 34.8 Å². The van der Waals surface area contributed by atoms with Crippen molar-refractivity contribution in [3.8, 4) is 0 Å². The third kappa shape index (κ3) is 1.46. The van der Waals surface area contributed by atoms with Crippen LogP contribution in [0, 0.1) is 29.1 Å². The highest BCUT2D eigenvalue weighted by molar-refractivity contribution is 5.11. The molecule has 5 aliphatic carbocycles. The van der Waals surface area contributed by atoms with Crippen LogP contribution in [0.3, 0.4) is 0 Å². The summed E-state index contributed by atoms with van der Waals surface area (Å²) in [4.78, 5) is 0. The normalized spacial score (nSPS) is 60.4. The van der Waals surface area contributed by atoms with Crippen molar-refractivity contribution < 1.29 is 5.11 Å². The van der Waals surface area contributed by atoms with Crippen LogP contribution < -0.4 is 5.73 Å². The molecule has 0 aromatic heterocycles. The van der Waals surface area contributed by atoms with Gasteiger partial charge >= 0.3 is 0 Å². The summed E-state index contributed by atoms with van der Waals surface area (Å²) in [5.41, 5.74) is 6.61. The van der Waals surface area contributed by atoms with E-state index in [9.17, 15) is 5.11 Å². The molecule has 0 amide bonds. The molecule has 0 heterocycles. The van der Waals surface area contributed by atoms with Crippen LogP contribution in [-0.4, -0.2) is 17.3 Å². The molecule has 0 aliphatic heterocycles. The first-order valence-electron chi connectivity index (χ1n) is 7.51. The lowest BCUT2D eigenvalue weighted by molar-refractivity contribution is -0.128. The van der Waals surface area contributed by atoms with Crippen LogP contribution in [0.1, 0.15) is 51.4 Å². The lowest BCUT2D eigenvalue weighted by atomic mass is 9.42. The molecule has 5 saturated carbocycles. The molecule has 0 aromatic carbocycles. The van der Waals surface area contributed by atoms with E-state index in [2.05, 4.69) is 0 Å². The lowest BCUT2D eigenvalue weighted by Crippen LogP contribution is -2.62. The Balaban J connectivity index is 1.54. The van der Waals surface area contributed by atoms with E-state index in [4.69, 9.17) is 5.73 Å². The molecule has 3 N–H and O–H groups in total. The van der Waals surface area contributed by atoms with Crippen LogP contribution >= 0.6 is 0 Å². The first-order chi connectivity index (χ1) is 8.11. The van der Waals surface area contributed by atoms with E-state index in [-0.39, 0.29) is 12.1 Å². The van der Waals surface area contributed by atoms with E-state index in [1.54, 1.807) is 0 Å². The van der Waals surface area contributed by atoms with Gasteiger partial charge in [0.2, 0.25) is 0 Å². The van der Waals surface area contributed by atoms with Crippen molar-refractivity contribution in [2.75, 3.05) is 6.61 Å². The van der Waals surface area contributed by atoms with Crippen LogP contribution in [-0.2, 0) is 0 Å². The molecule has 17 heavy (non-hydrogen) atoms. The summed E-state index contributed by atoms with van der Waals surface area (Å²) in [7, 11) is 0. The van der Waals surface area contributed by atoms with Gasteiger partial charge in [-0.25, -0.2) is 0 Å². The Labute approximate surface area is 104 Å². The van der Waals surface area contributed by atoms with Gasteiger partial charge in [-0.2, -0.15) is 0 Å². The van der Waals surface area contributed by atoms with Crippen LogP contribution in [0.4, 0.5) is 0 Å². The third-order valence-corrected chi connectivity index (χ3v) is 6.57. The van der Waals surface area contributed by atoms with E-state index in [0.717, 1.165) is 36.5 Å². The number of rotatable bonds is 2. The Hall–Kier alpha value is -0.0800. The predicted octanol–water partition coefficient (Wildman–Crippen LogP) is 2.30. The lowest BCUT2D eigenvalue weighted by Gasteiger charge is -2.64. The number of hydrogen-bond donors (Lipinski definition) is 2. The Morgan fingerprint density at radius 2 is 1.35 bits per heavy atom. The van der Waals surface area contributed by atoms with Gasteiger partial charge in [0.15, 0.2) is 0 Å². The van der Waals surface area contributed by atoms with E-state index in [0.29, 0.717) is 5.41 Å². The van der Waals surface area contributed by atoms with E-state index >= 15 is 0 Å². The number of nitrogens with two attached hydrogens (primary N) is 1. The minimum absolute atomic E-state index is 0.190. The number of hydrogen-bond acceptors (Lipinski definition) is 2. The zero-order valence-corrected chi connectivity index (χ0v) is 10.7. The molecule has 0 radical (unpaired) electrons. The van der Waals surface area contributed by atoms with Crippen LogP contribution in [0.15, 0.2) is 0 Å². The molecular formula is C15H25NO. The SMILES string of the molecule is NC1(CO)CC(C23CC4CC(CC(C4)C2)C3)C1. The summed E-state index contributed by atoms with van der Waals surface area (Å²) in [5, 5.41) is 9.32. The first-order valence-corrected chi connectivity index (χ1v) is 7.51. The highest BCUT2D eigenvalue weighted by atomic mass is 16.3. The zero-order chi connectivity index (χ0) is 11.7. The third-order valence-electron chi connectivity index (χ3n) is 6.57. The Morgan fingerprint density at radius 1 is 0.882 bits per heavy atom. The molecule has 96 valence electrons. The molecule has 4 bridgehead atoms. The number of aliphatic hydroxyl groups is 1. The monoisotopic (exact) mass is 235 g/mol. The highest BCUT2D eigenvalue weighted by Crippen LogP contribution is 2.66. The minimum atomic E-state index is -0.214. The minimum Gasteiger partial charge on any atom is -0.394 e. The number of aliphatic hydroxyl groups excluding tert-OH is 1. The first kappa shape index (κ1) is 10.8. The summed E-state index contributed by atoms with van der Waals surface area (Å²) in [5.74, 6) is 3.97. The van der Waals surface area contributed by atoms with Gasteiger partial charge in [0, 0.05) is 5.54 Å². The molecule has 5 rings (SSSR count). The van der Waals surface area contributed by atoms with E-state index in [1.165, 1.54) is 38.5 Å². The molecule has 0 spiro atoms. The van der Waals surface area contributed by atoms with Gasteiger partial charge in [0.05, 0.1) is 6.61 Å². The molecule has 0 aromatic rings. The zero-order valence-electron chi connectivity index (χ0n) is 10.7. The second kappa shape index (κ2) is 3.27. The highest BCUT2D eigenvalue weighted by Gasteiger charge is 2.58. The van der Waals surface area contributed by atoms with Gasteiger partial charge in [-0.15, -0.1) is 0 Å². The van der Waals surface area contributed by atoms with Gasteiger partial charge in [-0.05, 0) is 80.5 Å². The van der Waals surface area contributed by atoms with Gasteiger partial charge in [0.1, 0.15) is 0 Å². The van der Waals surface area contributed by atoms with E-state index in [1.807, 2.05) is 0 Å². The predicted molar refractivity (Wildman–Crippen MR) is 67.3 cm³/mol. The fourth-order valence-electron chi connectivity index (χ4n) is 6.16. The molecule has 0 saturated heterocycles. The fourth-order valence-corrected chi connectivity index (χ4v) is 6.16. The van der Waals surface area contributed by atoms with Crippen LogP contribution in [0.2, 0.25) is 0 Å². The molecule has 0 unspecified atom stereocenters. The smallest absolute Gasteiger partial charge is 0.0611 e. The molecule has 5 aliphatic rings.